The lowest BCUT2D eigenvalue weighted by molar-refractivity contribution is -0.143. The Labute approximate surface area is 102 Å². The molecule has 1 aliphatic heterocycles. The van der Waals surface area contributed by atoms with E-state index in [2.05, 4.69) is 10.6 Å². The number of nitrogens with one attached hydrogen (secondary N) is 2. The number of carboxylic acids is 1. The van der Waals surface area contributed by atoms with Gasteiger partial charge < -0.3 is 15.7 Å². The molecule has 1 saturated heterocycles. The highest BCUT2D eigenvalue weighted by molar-refractivity contribution is 5.90. The number of hydrogen-bond donors (Lipinski definition) is 3. The lowest BCUT2D eigenvalue weighted by Gasteiger charge is -2.25. The van der Waals surface area contributed by atoms with Crippen molar-refractivity contribution in [3.05, 3.63) is 0 Å². The minimum Gasteiger partial charge on any atom is -0.480 e. The van der Waals surface area contributed by atoms with Gasteiger partial charge in [0.2, 0.25) is 5.91 Å². The van der Waals surface area contributed by atoms with Gasteiger partial charge in [0.1, 0.15) is 6.04 Å². The summed E-state index contributed by atoms with van der Waals surface area (Å²) in [6.07, 6.45) is 3.94. The second kappa shape index (κ2) is 6.00. The lowest BCUT2D eigenvalue weighted by Crippen LogP contribution is -2.55. The molecule has 0 spiro atoms. The Hall–Kier alpha value is -1.10. The maximum Gasteiger partial charge on any atom is 0.326 e. The fourth-order valence-electron chi connectivity index (χ4n) is 2.07. The molecular formula is C12H22N2O3. The summed E-state index contributed by atoms with van der Waals surface area (Å²) < 4.78 is 0. The molecule has 1 amide bonds. The van der Waals surface area contributed by atoms with Crippen LogP contribution in [0.1, 0.15) is 46.0 Å². The van der Waals surface area contributed by atoms with Crippen LogP contribution in [0.15, 0.2) is 0 Å². The van der Waals surface area contributed by atoms with E-state index in [0.717, 1.165) is 32.2 Å². The minimum absolute atomic E-state index is 0.196. The summed E-state index contributed by atoms with van der Waals surface area (Å²) in [5.74, 6) is -1.15. The van der Waals surface area contributed by atoms with E-state index in [1.54, 1.807) is 0 Å². The number of carbonyl (C=O) groups is 2. The quantitative estimate of drug-likeness (QED) is 0.646. The van der Waals surface area contributed by atoms with Gasteiger partial charge in [0.25, 0.3) is 0 Å². The zero-order valence-corrected chi connectivity index (χ0v) is 10.6. The second-order valence-electron chi connectivity index (χ2n) is 4.87. The summed E-state index contributed by atoms with van der Waals surface area (Å²) in [5.41, 5.74) is -0.597. The Morgan fingerprint density at radius 1 is 1.53 bits per heavy atom. The molecule has 0 aromatic carbocycles. The van der Waals surface area contributed by atoms with Gasteiger partial charge in [0, 0.05) is 0 Å². The van der Waals surface area contributed by atoms with Crippen LogP contribution in [-0.4, -0.2) is 35.1 Å². The highest BCUT2D eigenvalue weighted by Gasteiger charge is 2.37. The van der Waals surface area contributed by atoms with E-state index in [-0.39, 0.29) is 5.91 Å². The van der Waals surface area contributed by atoms with Crippen LogP contribution in [0, 0.1) is 0 Å². The zero-order chi connectivity index (χ0) is 12.9. The minimum atomic E-state index is -0.951. The summed E-state index contributed by atoms with van der Waals surface area (Å²) in [7, 11) is 0. The fraction of sp³-hybridized carbons (Fsp3) is 0.833. The molecule has 5 nitrogen and oxygen atoms in total. The van der Waals surface area contributed by atoms with Gasteiger partial charge >= 0.3 is 5.97 Å². The number of carbonyl (C=O) groups excluding carboxylic acids is 1. The Morgan fingerprint density at radius 2 is 2.24 bits per heavy atom. The van der Waals surface area contributed by atoms with Crippen LogP contribution in [0.4, 0.5) is 0 Å². The van der Waals surface area contributed by atoms with Crippen molar-refractivity contribution >= 4 is 11.9 Å². The van der Waals surface area contributed by atoms with Crippen molar-refractivity contribution in [3.63, 3.8) is 0 Å². The molecule has 1 fully saturated rings. The molecule has 0 aromatic heterocycles. The maximum atomic E-state index is 12.0. The van der Waals surface area contributed by atoms with E-state index in [9.17, 15) is 9.59 Å². The Kier molecular flexibility index (Phi) is 4.93. The number of rotatable bonds is 6. The first kappa shape index (κ1) is 14.0. The van der Waals surface area contributed by atoms with Crippen LogP contribution < -0.4 is 10.6 Å². The highest BCUT2D eigenvalue weighted by Crippen LogP contribution is 2.19. The lowest BCUT2D eigenvalue weighted by atomic mass is 9.98. The third-order valence-electron chi connectivity index (χ3n) is 3.32. The van der Waals surface area contributed by atoms with Gasteiger partial charge in [-0.1, -0.05) is 19.8 Å². The van der Waals surface area contributed by atoms with E-state index in [0.29, 0.717) is 6.42 Å². The van der Waals surface area contributed by atoms with Gasteiger partial charge in [-0.3, -0.25) is 4.79 Å². The molecule has 0 aromatic rings. The van der Waals surface area contributed by atoms with Crippen LogP contribution in [0.2, 0.25) is 0 Å². The zero-order valence-electron chi connectivity index (χ0n) is 10.6. The first-order valence-corrected chi connectivity index (χ1v) is 6.28. The van der Waals surface area contributed by atoms with Crippen molar-refractivity contribution in [2.45, 2.75) is 57.5 Å². The third kappa shape index (κ3) is 3.70. The summed E-state index contributed by atoms with van der Waals surface area (Å²) >= 11 is 0. The molecule has 1 heterocycles. The number of amides is 1. The molecule has 0 aliphatic carbocycles. The average Bonchev–Trinajstić information content (AvgIpc) is 2.72. The Balaban J connectivity index is 2.54. The van der Waals surface area contributed by atoms with Crippen molar-refractivity contribution in [3.8, 4) is 0 Å². The topological polar surface area (TPSA) is 78.4 Å². The molecule has 3 N–H and O–H groups in total. The second-order valence-corrected chi connectivity index (χ2v) is 4.87. The van der Waals surface area contributed by atoms with Crippen LogP contribution in [0.25, 0.3) is 0 Å². The van der Waals surface area contributed by atoms with Gasteiger partial charge in [0.15, 0.2) is 0 Å². The van der Waals surface area contributed by atoms with Crippen LogP contribution in [-0.2, 0) is 9.59 Å². The highest BCUT2D eigenvalue weighted by atomic mass is 16.4. The molecule has 1 aliphatic rings. The van der Waals surface area contributed by atoms with Crippen molar-refractivity contribution in [2.24, 2.45) is 0 Å². The van der Waals surface area contributed by atoms with E-state index < -0.39 is 17.6 Å². The van der Waals surface area contributed by atoms with Gasteiger partial charge in [-0.15, -0.1) is 0 Å². The van der Waals surface area contributed by atoms with Gasteiger partial charge in [-0.2, -0.15) is 0 Å². The molecule has 1 rings (SSSR count). The smallest absolute Gasteiger partial charge is 0.326 e. The first-order chi connectivity index (χ1) is 7.99. The summed E-state index contributed by atoms with van der Waals surface area (Å²) in [4.78, 5) is 23.0. The van der Waals surface area contributed by atoms with Crippen molar-refractivity contribution in [1.82, 2.24) is 10.6 Å². The monoisotopic (exact) mass is 242 g/mol. The van der Waals surface area contributed by atoms with E-state index in [4.69, 9.17) is 5.11 Å². The molecule has 2 atom stereocenters. The SMILES string of the molecule is CCCC[C@H](NC(=O)C1(C)CCCN1)C(=O)O. The van der Waals surface area contributed by atoms with Crippen molar-refractivity contribution in [1.29, 1.82) is 0 Å². The molecule has 17 heavy (non-hydrogen) atoms. The summed E-state index contributed by atoms with van der Waals surface area (Å²) in [5, 5.41) is 14.8. The van der Waals surface area contributed by atoms with E-state index in [1.165, 1.54) is 0 Å². The normalized spacial score (nSPS) is 25.5. The standard InChI is InChI=1S/C12H22N2O3/c1-3-4-6-9(10(15)16)14-11(17)12(2)7-5-8-13-12/h9,13H,3-8H2,1-2H3,(H,14,17)(H,15,16)/t9-,12?/m0/s1. The van der Waals surface area contributed by atoms with Gasteiger partial charge in [0.05, 0.1) is 5.54 Å². The first-order valence-electron chi connectivity index (χ1n) is 6.28. The average molecular weight is 242 g/mol. The molecule has 98 valence electrons. The molecule has 0 radical (unpaired) electrons. The van der Waals surface area contributed by atoms with Crippen molar-refractivity contribution in [2.75, 3.05) is 6.54 Å². The molecule has 0 bridgehead atoms. The number of hydrogen-bond acceptors (Lipinski definition) is 3. The van der Waals surface area contributed by atoms with E-state index in [1.807, 2.05) is 13.8 Å². The van der Waals surface area contributed by atoms with Gasteiger partial charge in [-0.05, 0) is 32.7 Å². The van der Waals surface area contributed by atoms with E-state index >= 15 is 0 Å². The van der Waals surface area contributed by atoms with Crippen molar-refractivity contribution < 1.29 is 14.7 Å². The summed E-state index contributed by atoms with van der Waals surface area (Å²) in [6, 6.07) is -0.762. The predicted molar refractivity (Wildman–Crippen MR) is 64.7 cm³/mol. The number of unbranched alkanes of at least 4 members (excludes halogenated alkanes) is 1. The Bertz CT molecular complexity index is 285. The summed E-state index contributed by atoms with van der Waals surface area (Å²) in [6.45, 7) is 4.64. The molecule has 0 saturated carbocycles. The third-order valence-corrected chi connectivity index (χ3v) is 3.32. The largest absolute Gasteiger partial charge is 0.480 e. The fourth-order valence-corrected chi connectivity index (χ4v) is 2.07. The number of carboxylic acid groups (broad SMARTS) is 1. The predicted octanol–water partition coefficient (Wildman–Crippen LogP) is 0.888. The molecule has 1 unspecified atom stereocenters. The van der Waals surface area contributed by atoms with Gasteiger partial charge in [-0.25, -0.2) is 4.79 Å². The molecule has 5 heteroatoms. The maximum absolute atomic E-state index is 12.0. The molecular weight excluding hydrogens is 220 g/mol. The van der Waals surface area contributed by atoms with Crippen LogP contribution in [0.3, 0.4) is 0 Å². The van der Waals surface area contributed by atoms with Crippen LogP contribution >= 0.6 is 0 Å². The number of aliphatic carboxylic acids is 1. The van der Waals surface area contributed by atoms with Crippen LogP contribution in [0.5, 0.6) is 0 Å². The Morgan fingerprint density at radius 3 is 2.71 bits per heavy atom.